The SMILES string of the molecule is CCNCCCN(C)S(=O)(=O)Nc1c(Cl)cccc1Cl. The van der Waals surface area contributed by atoms with Crippen LogP contribution in [-0.2, 0) is 10.2 Å². The van der Waals surface area contributed by atoms with Crippen LogP contribution in [-0.4, -0.2) is 39.4 Å². The van der Waals surface area contributed by atoms with Gasteiger partial charge in [-0.25, -0.2) is 0 Å². The van der Waals surface area contributed by atoms with Crippen LogP contribution in [0.5, 0.6) is 0 Å². The number of halogens is 2. The van der Waals surface area contributed by atoms with E-state index in [2.05, 4.69) is 10.0 Å². The lowest BCUT2D eigenvalue weighted by Crippen LogP contribution is -2.34. The molecule has 0 saturated carbocycles. The minimum Gasteiger partial charge on any atom is -0.317 e. The second kappa shape index (κ2) is 8.05. The highest BCUT2D eigenvalue weighted by Crippen LogP contribution is 2.30. The summed E-state index contributed by atoms with van der Waals surface area (Å²) >= 11 is 11.9. The maximum atomic E-state index is 12.1. The average molecular weight is 340 g/mol. The maximum absolute atomic E-state index is 12.1. The normalized spacial score (nSPS) is 11.8. The Hall–Kier alpha value is -0.530. The van der Waals surface area contributed by atoms with Gasteiger partial charge >= 0.3 is 10.2 Å². The van der Waals surface area contributed by atoms with E-state index in [4.69, 9.17) is 23.2 Å². The number of hydrogen-bond donors (Lipinski definition) is 2. The molecule has 20 heavy (non-hydrogen) atoms. The molecule has 2 N–H and O–H groups in total. The summed E-state index contributed by atoms with van der Waals surface area (Å²) in [4.78, 5) is 0. The number of rotatable bonds is 8. The summed E-state index contributed by atoms with van der Waals surface area (Å²) in [5.41, 5.74) is 0.203. The molecular weight excluding hydrogens is 321 g/mol. The van der Waals surface area contributed by atoms with Crippen molar-refractivity contribution in [2.75, 3.05) is 31.4 Å². The fourth-order valence-corrected chi connectivity index (χ4v) is 3.13. The monoisotopic (exact) mass is 339 g/mol. The van der Waals surface area contributed by atoms with Gasteiger partial charge in [0.25, 0.3) is 0 Å². The molecule has 0 aliphatic carbocycles. The topological polar surface area (TPSA) is 61.4 Å². The molecule has 1 aromatic rings. The molecule has 0 aliphatic heterocycles. The van der Waals surface area contributed by atoms with Crippen LogP contribution < -0.4 is 10.0 Å². The van der Waals surface area contributed by atoms with Crippen LogP contribution in [0.25, 0.3) is 0 Å². The Balaban J connectivity index is 2.69. The number of benzene rings is 1. The predicted molar refractivity (Wildman–Crippen MR) is 84.8 cm³/mol. The summed E-state index contributed by atoms with van der Waals surface area (Å²) in [5, 5.41) is 3.67. The molecule has 0 radical (unpaired) electrons. The van der Waals surface area contributed by atoms with Gasteiger partial charge in [-0.2, -0.15) is 12.7 Å². The molecule has 0 amide bonds. The fourth-order valence-electron chi connectivity index (χ4n) is 1.53. The maximum Gasteiger partial charge on any atom is 0.301 e. The average Bonchev–Trinajstić information content (AvgIpc) is 2.39. The van der Waals surface area contributed by atoms with Crippen LogP contribution in [0, 0.1) is 0 Å². The van der Waals surface area contributed by atoms with E-state index in [1.807, 2.05) is 6.92 Å². The Morgan fingerprint density at radius 1 is 1.25 bits per heavy atom. The van der Waals surface area contributed by atoms with E-state index in [-0.39, 0.29) is 15.7 Å². The second-order valence-electron chi connectivity index (χ2n) is 4.23. The molecule has 0 heterocycles. The van der Waals surface area contributed by atoms with Crippen molar-refractivity contribution in [3.05, 3.63) is 28.2 Å². The summed E-state index contributed by atoms with van der Waals surface area (Å²) in [6.45, 7) is 4.04. The lowest BCUT2D eigenvalue weighted by Gasteiger charge is -2.19. The number of nitrogens with zero attached hydrogens (tertiary/aromatic N) is 1. The molecule has 0 fully saturated rings. The summed E-state index contributed by atoms with van der Waals surface area (Å²) in [5.74, 6) is 0. The van der Waals surface area contributed by atoms with Gasteiger partial charge in [-0.1, -0.05) is 36.2 Å². The standard InChI is InChI=1S/C12H19Cl2N3O2S/c1-3-15-8-5-9-17(2)20(18,19)16-12-10(13)6-4-7-11(12)14/h4,6-7,15-16H,3,5,8-9H2,1-2H3. The number of hydrogen-bond acceptors (Lipinski definition) is 3. The van der Waals surface area contributed by atoms with Crippen molar-refractivity contribution in [2.24, 2.45) is 0 Å². The highest BCUT2D eigenvalue weighted by molar-refractivity contribution is 7.90. The minimum absolute atomic E-state index is 0.203. The summed E-state index contributed by atoms with van der Waals surface area (Å²) in [7, 11) is -2.15. The zero-order chi connectivity index (χ0) is 15.2. The number of anilines is 1. The quantitative estimate of drug-likeness (QED) is 0.715. The Kier molecular flexibility index (Phi) is 7.05. The van der Waals surface area contributed by atoms with E-state index in [1.165, 1.54) is 11.4 Å². The van der Waals surface area contributed by atoms with Gasteiger partial charge in [0.15, 0.2) is 0 Å². The molecule has 1 rings (SSSR count). The van der Waals surface area contributed by atoms with E-state index in [0.29, 0.717) is 6.54 Å². The zero-order valence-corrected chi connectivity index (χ0v) is 13.8. The molecule has 0 saturated heterocycles. The van der Waals surface area contributed by atoms with Gasteiger partial charge in [-0.15, -0.1) is 0 Å². The highest BCUT2D eigenvalue weighted by atomic mass is 35.5. The van der Waals surface area contributed by atoms with E-state index in [9.17, 15) is 8.42 Å². The first-order valence-electron chi connectivity index (χ1n) is 6.27. The summed E-state index contributed by atoms with van der Waals surface area (Å²) < 4.78 is 27.9. The van der Waals surface area contributed by atoms with E-state index >= 15 is 0 Å². The first kappa shape index (κ1) is 17.5. The lowest BCUT2D eigenvalue weighted by atomic mass is 10.3. The van der Waals surface area contributed by atoms with Gasteiger partial charge in [0.1, 0.15) is 0 Å². The summed E-state index contributed by atoms with van der Waals surface area (Å²) in [6.07, 6.45) is 0.724. The van der Waals surface area contributed by atoms with Gasteiger partial charge in [-0.05, 0) is 31.6 Å². The largest absolute Gasteiger partial charge is 0.317 e. The van der Waals surface area contributed by atoms with Gasteiger partial charge in [0.05, 0.1) is 15.7 Å². The molecule has 5 nitrogen and oxygen atoms in total. The van der Waals surface area contributed by atoms with Crippen LogP contribution in [0.3, 0.4) is 0 Å². The minimum atomic E-state index is -3.66. The third kappa shape index (κ3) is 5.10. The van der Waals surface area contributed by atoms with Crippen molar-refractivity contribution in [1.29, 1.82) is 0 Å². The third-order valence-electron chi connectivity index (χ3n) is 2.68. The molecular formula is C12H19Cl2N3O2S. The molecule has 0 unspecified atom stereocenters. The zero-order valence-electron chi connectivity index (χ0n) is 11.5. The van der Waals surface area contributed by atoms with Crippen LogP contribution in [0.4, 0.5) is 5.69 Å². The van der Waals surface area contributed by atoms with Crippen molar-refractivity contribution >= 4 is 39.1 Å². The second-order valence-corrected chi connectivity index (χ2v) is 6.82. The van der Waals surface area contributed by atoms with Crippen LogP contribution in [0.15, 0.2) is 18.2 Å². The van der Waals surface area contributed by atoms with E-state index < -0.39 is 10.2 Å². The third-order valence-corrected chi connectivity index (χ3v) is 4.78. The first-order valence-corrected chi connectivity index (χ1v) is 8.47. The highest BCUT2D eigenvalue weighted by Gasteiger charge is 2.19. The molecule has 0 bridgehead atoms. The van der Waals surface area contributed by atoms with Crippen LogP contribution in [0.2, 0.25) is 10.0 Å². The predicted octanol–water partition coefficient (Wildman–Crippen LogP) is 2.58. The number of nitrogens with one attached hydrogen (secondary N) is 2. The van der Waals surface area contributed by atoms with Crippen molar-refractivity contribution < 1.29 is 8.42 Å². The van der Waals surface area contributed by atoms with Crippen LogP contribution >= 0.6 is 23.2 Å². The Morgan fingerprint density at radius 3 is 2.40 bits per heavy atom. The van der Waals surface area contributed by atoms with Gasteiger partial charge in [0.2, 0.25) is 0 Å². The van der Waals surface area contributed by atoms with Crippen molar-refractivity contribution in [2.45, 2.75) is 13.3 Å². The summed E-state index contributed by atoms with van der Waals surface area (Å²) in [6, 6.07) is 4.81. The number of para-hydroxylation sites is 1. The molecule has 0 aliphatic rings. The van der Waals surface area contributed by atoms with Crippen molar-refractivity contribution in [3.63, 3.8) is 0 Å². The Labute approximate surface area is 130 Å². The van der Waals surface area contributed by atoms with Crippen LogP contribution in [0.1, 0.15) is 13.3 Å². The lowest BCUT2D eigenvalue weighted by molar-refractivity contribution is 0.459. The van der Waals surface area contributed by atoms with Gasteiger partial charge in [0, 0.05) is 13.6 Å². The molecule has 0 aromatic heterocycles. The smallest absolute Gasteiger partial charge is 0.301 e. The van der Waals surface area contributed by atoms with Crippen molar-refractivity contribution in [1.82, 2.24) is 9.62 Å². The molecule has 114 valence electrons. The molecule has 1 aromatic carbocycles. The Morgan fingerprint density at radius 2 is 1.85 bits per heavy atom. The fraction of sp³-hybridized carbons (Fsp3) is 0.500. The first-order chi connectivity index (χ1) is 9.38. The molecule has 0 atom stereocenters. The Bertz CT molecular complexity index is 517. The van der Waals surface area contributed by atoms with E-state index in [1.54, 1.807) is 18.2 Å². The van der Waals surface area contributed by atoms with Crippen molar-refractivity contribution in [3.8, 4) is 0 Å². The van der Waals surface area contributed by atoms with Gasteiger partial charge in [-0.3, -0.25) is 4.72 Å². The molecule has 8 heteroatoms. The molecule has 0 spiro atoms. The van der Waals surface area contributed by atoms with E-state index in [0.717, 1.165) is 19.5 Å². The van der Waals surface area contributed by atoms with Gasteiger partial charge < -0.3 is 5.32 Å².